The van der Waals surface area contributed by atoms with Gasteiger partial charge in [-0.05, 0) is 98.7 Å². The summed E-state index contributed by atoms with van der Waals surface area (Å²) in [7, 11) is 0. The van der Waals surface area contributed by atoms with Crippen LogP contribution in [0.4, 0.5) is 0 Å². The molecule has 18 heteroatoms. The van der Waals surface area contributed by atoms with E-state index in [-0.39, 0.29) is 41.3 Å². The first-order valence-corrected chi connectivity index (χ1v) is 22.9. The second-order valence-corrected chi connectivity index (χ2v) is 20.6. The Morgan fingerprint density at radius 1 is 0.758 bits per heavy atom. The van der Waals surface area contributed by atoms with Gasteiger partial charge in [0.2, 0.25) is 0 Å². The molecule has 4 aliphatic heterocycles. The maximum atomic E-state index is 11.9. The van der Waals surface area contributed by atoms with E-state index >= 15 is 0 Å². The third-order valence-electron chi connectivity index (χ3n) is 17.1. The molecule has 8 rings (SSSR count). The third-order valence-corrected chi connectivity index (χ3v) is 17.1. The highest BCUT2D eigenvalue weighted by molar-refractivity contribution is 5.26. The van der Waals surface area contributed by atoms with Gasteiger partial charge in [-0.25, -0.2) is 0 Å². The van der Waals surface area contributed by atoms with E-state index < -0.39 is 111 Å². The Balaban J connectivity index is 0.982. The third kappa shape index (κ3) is 8.06. The summed E-state index contributed by atoms with van der Waals surface area (Å²) in [4.78, 5) is 0. The van der Waals surface area contributed by atoms with Gasteiger partial charge in [-0.1, -0.05) is 39.3 Å². The fraction of sp³-hybridized carbons (Fsp3) is 0.955. The molecule has 0 spiro atoms. The molecule has 0 radical (unpaired) electrons. The molecular formula is C44H72O18. The fourth-order valence-corrected chi connectivity index (χ4v) is 13.3. The maximum Gasteiger partial charge on any atom is 0.189 e. The number of aliphatic hydroxyl groups is 11. The first kappa shape index (κ1) is 47.5. The average molecular weight is 889 g/mol. The predicted molar refractivity (Wildman–Crippen MR) is 213 cm³/mol. The number of allylic oxidation sites excluding steroid dienone is 1. The fourth-order valence-electron chi connectivity index (χ4n) is 13.3. The molecule has 4 heterocycles. The van der Waals surface area contributed by atoms with Crippen LogP contribution in [0.2, 0.25) is 0 Å². The molecule has 0 aromatic heterocycles. The van der Waals surface area contributed by atoms with Crippen LogP contribution < -0.4 is 0 Å². The lowest BCUT2D eigenvalue weighted by Crippen LogP contribution is -2.66. The summed E-state index contributed by atoms with van der Waals surface area (Å²) in [5, 5.41) is 117. The Bertz CT molecular complexity index is 1590. The number of aliphatic hydroxyl groups excluding tert-OH is 10. The number of ether oxygens (including phenoxy) is 7. The van der Waals surface area contributed by atoms with Crippen molar-refractivity contribution in [2.45, 2.75) is 203 Å². The number of rotatable bonds is 11. The van der Waals surface area contributed by atoms with E-state index in [1.807, 2.05) is 6.92 Å². The second kappa shape index (κ2) is 17.9. The largest absolute Gasteiger partial charge is 0.396 e. The summed E-state index contributed by atoms with van der Waals surface area (Å²) in [5.74, 6) is 0.486. The van der Waals surface area contributed by atoms with Crippen molar-refractivity contribution >= 4 is 0 Å². The van der Waals surface area contributed by atoms with E-state index in [1.165, 1.54) is 12.5 Å². The summed E-state index contributed by atoms with van der Waals surface area (Å²) in [5.41, 5.74) is 1.21. The van der Waals surface area contributed by atoms with Crippen molar-refractivity contribution in [2.24, 2.45) is 46.3 Å². The normalized spacial score (nSPS) is 55.7. The van der Waals surface area contributed by atoms with Crippen LogP contribution >= 0.6 is 0 Å². The van der Waals surface area contributed by atoms with Crippen LogP contribution in [0.25, 0.3) is 0 Å². The quantitative estimate of drug-likeness (QED) is 0.112. The monoisotopic (exact) mass is 888 g/mol. The van der Waals surface area contributed by atoms with Crippen LogP contribution in [0.15, 0.2) is 11.6 Å². The smallest absolute Gasteiger partial charge is 0.189 e. The van der Waals surface area contributed by atoms with Crippen LogP contribution in [-0.4, -0.2) is 180 Å². The Labute approximate surface area is 362 Å². The van der Waals surface area contributed by atoms with E-state index in [2.05, 4.69) is 26.8 Å². The highest BCUT2D eigenvalue weighted by atomic mass is 16.8. The lowest BCUT2D eigenvalue weighted by atomic mass is 9.47. The van der Waals surface area contributed by atoms with Crippen LogP contribution in [0.5, 0.6) is 0 Å². The first-order chi connectivity index (χ1) is 29.3. The zero-order chi connectivity index (χ0) is 44.8. The van der Waals surface area contributed by atoms with Crippen LogP contribution in [0, 0.1) is 46.3 Å². The molecule has 62 heavy (non-hydrogen) atoms. The minimum absolute atomic E-state index is 0.00716. The molecular weight excluding hydrogens is 816 g/mol. The molecule has 26 atom stereocenters. The summed E-state index contributed by atoms with van der Waals surface area (Å²) in [6.45, 7) is 9.75. The second-order valence-electron chi connectivity index (χ2n) is 20.6. The van der Waals surface area contributed by atoms with Gasteiger partial charge < -0.3 is 89.3 Å². The van der Waals surface area contributed by atoms with E-state index in [1.54, 1.807) is 0 Å². The van der Waals surface area contributed by atoms with Gasteiger partial charge in [-0.15, -0.1) is 0 Å². The van der Waals surface area contributed by atoms with Gasteiger partial charge in [-0.2, -0.15) is 0 Å². The Hall–Kier alpha value is -0.980. The molecule has 0 aromatic rings. The van der Waals surface area contributed by atoms with Gasteiger partial charge in [0, 0.05) is 18.9 Å². The number of hydrogen-bond acceptors (Lipinski definition) is 18. The van der Waals surface area contributed by atoms with E-state index in [4.69, 9.17) is 33.2 Å². The average Bonchev–Trinajstić information content (AvgIpc) is 3.68. The van der Waals surface area contributed by atoms with Gasteiger partial charge in [0.25, 0.3) is 0 Å². The van der Waals surface area contributed by atoms with Gasteiger partial charge in [0.15, 0.2) is 30.9 Å². The lowest BCUT2D eigenvalue weighted by molar-refractivity contribution is -0.397. The van der Waals surface area contributed by atoms with Crippen LogP contribution in [-0.2, 0) is 33.2 Å². The molecule has 0 bridgehead atoms. The predicted octanol–water partition coefficient (Wildman–Crippen LogP) is -0.874. The summed E-state index contributed by atoms with van der Waals surface area (Å²) >= 11 is 0. The molecule has 356 valence electrons. The molecule has 4 aliphatic carbocycles. The van der Waals surface area contributed by atoms with Crippen molar-refractivity contribution in [3.8, 4) is 0 Å². The van der Waals surface area contributed by atoms with Crippen LogP contribution in [0.3, 0.4) is 0 Å². The highest BCUT2D eigenvalue weighted by Gasteiger charge is 2.68. The Morgan fingerprint density at radius 3 is 2.13 bits per heavy atom. The standard InChI is InChI=1S/C44H72O18/c1-18(16-45)8-13-44(55)19(2)28-26(62-44)15-25-23-7-6-21-14-22(9-11-42(21,4)24(23)10-12-43(25,28)5)57-41-37(60-39-33(51)30(48)29(47)20(3)56-39)35(53)36(27(17-46)58-41)59-40-34(52)31(49)32(50)38(54)61-40/h6,18-20,22-41,45-55H,7-17H2,1-5H3/t18-,19+,20?,22?,23-,24+,25+,26?,27?,28-,29+,30?,31?,32-,33?,34?,35?,36-,37?,38?,39+,40-,41-,42+,43+,44?/m1/s1. The molecule has 8 aliphatic rings. The van der Waals surface area contributed by atoms with Crippen molar-refractivity contribution in [2.75, 3.05) is 13.2 Å². The van der Waals surface area contributed by atoms with E-state index in [0.717, 1.165) is 32.1 Å². The van der Waals surface area contributed by atoms with Crippen molar-refractivity contribution in [1.82, 2.24) is 0 Å². The molecule has 11 N–H and O–H groups in total. The van der Waals surface area contributed by atoms with Crippen molar-refractivity contribution in [3.05, 3.63) is 11.6 Å². The zero-order valence-corrected chi connectivity index (χ0v) is 36.4. The summed E-state index contributed by atoms with van der Waals surface area (Å²) in [6, 6.07) is 0. The highest BCUT2D eigenvalue weighted by Crippen LogP contribution is 2.70. The van der Waals surface area contributed by atoms with Gasteiger partial charge >= 0.3 is 0 Å². The molecule has 0 amide bonds. The SMILES string of the molecule is CC1O[C@@H](OC2C(O)[C@H](O[C@@H]3OC(O)[C@H](O)C(O)C3O)C(CO)O[C@H]2OC2CC[C@@]3(C)C(=CC[C@H]4[C@@H]5CC6OC(O)(CC[C@@H](C)CO)[C@@H](C)[C@H]6[C@@]5(C)CC[C@@H]43)C2)C(O)C(O)[C@H]1O. The number of hydrogen-bond donors (Lipinski definition) is 11. The number of fused-ring (bicyclic) bond motifs is 7. The van der Waals surface area contributed by atoms with Crippen molar-refractivity contribution < 1.29 is 89.3 Å². The molecule has 0 aromatic carbocycles. The molecule has 7 fully saturated rings. The zero-order valence-electron chi connectivity index (χ0n) is 36.4. The maximum absolute atomic E-state index is 11.9. The van der Waals surface area contributed by atoms with Gasteiger partial charge in [0.1, 0.15) is 61.0 Å². The molecule has 3 saturated carbocycles. The van der Waals surface area contributed by atoms with Crippen LogP contribution in [0.1, 0.15) is 92.4 Å². The van der Waals surface area contributed by atoms with Crippen molar-refractivity contribution in [1.29, 1.82) is 0 Å². The molecule has 12 unspecified atom stereocenters. The molecule has 18 nitrogen and oxygen atoms in total. The van der Waals surface area contributed by atoms with Gasteiger partial charge in [-0.3, -0.25) is 0 Å². The minimum Gasteiger partial charge on any atom is -0.396 e. The van der Waals surface area contributed by atoms with E-state index in [9.17, 15) is 56.2 Å². The van der Waals surface area contributed by atoms with E-state index in [0.29, 0.717) is 43.4 Å². The topological polar surface area (TPSA) is 287 Å². The lowest BCUT2D eigenvalue weighted by Gasteiger charge is -2.58. The van der Waals surface area contributed by atoms with Gasteiger partial charge in [0.05, 0.1) is 24.9 Å². The van der Waals surface area contributed by atoms with Crippen molar-refractivity contribution in [3.63, 3.8) is 0 Å². The Kier molecular flexibility index (Phi) is 13.7. The first-order valence-electron chi connectivity index (χ1n) is 22.9. The molecule has 4 saturated heterocycles. The Morgan fingerprint density at radius 2 is 1.44 bits per heavy atom. The minimum atomic E-state index is -1.95. The summed E-state index contributed by atoms with van der Waals surface area (Å²) < 4.78 is 42.3. The summed E-state index contributed by atoms with van der Waals surface area (Å²) in [6.07, 6.45) is -15.3.